The predicted octanol–water partition coefficient (Wildman–Crippen LogP) is 5.48. The van der Waals surface area contributed by atoms with E-state index in [9.17, 15) is 28.1 Å². The molecule has 0 aromatic heterocycles. The zero-order chi connectivity index (χ0) is 32.8. The predicted molar refractivity (Wildman–Crippen MR) is 169 cm³/mol. The molecule has 0 radical (unpaired) electrons. The van der Waals surface area contributed by atoms with Crippen molar-refractivity contribution in [2.45, 2.75) is 64.1 Å². The van der Waals surface area contributed by atoms with Crippen molar-refractivity contribution in [1.82, 2.24) is 10.2 Å². The van der Waals surface area contributed by atoms with E-state index < -0.39 is 44.9 Å². The minimum atomic E-state index is -4.52. The van der Waals surface area contributed by atoms with Crippen LogP contribution >= 0.6 is 11.6 Å². The lowest BCUT2D eigenvalue weighted by atomic mass is 10.1. The van der Waals surface area contributed by atoms with Crippen LogP contribution in [-0.2, 0) is 26.2 Å². The average Bonchev–Trinajstić information content (AvgIpc) is 2.95. The smallest absolute Gasteiger partial charge is 0.273 e. The number of aryl methyl sites for hydroxylation is 1. The Kier molecular flexibility index (Phi) is 11.0. The summed E-state index contributed by atoms with van der Waals surface area (Å²) in [5.74, 6) is -0.635. The number of benzene rings is 3. The van der Waals surface area contributed by atoms with Gasteiger partial charge in [0.05, 0.1) is 22.6 Å². The minimum absolute atomic E-state index is 0.0684. The number of hydrogen-bond donors (Lipinski definition) is 1. The molecule has 0 spiro atoms. The van der Waals surface area contributed by atoms with Crippen LogP contribution in [-0.4, -0.2) is 55.3 Å². The van der Waals surface area contributed by atoms with Gasteiger partial charge in [0.15, 0.2) is 0 Å². The fraction of sp³-hybridized carbons (Fsp3) is 0.355. The van der Waals surface area contributed by atoms with Gasteiger partial charge in [-0.05, 0) is 76.1 Å². The Hall–Kier alpha value is -4.16. The van der Waals surface area contributed by atoms with Crippen molar-refractivity contribution in [3.8, 4) is 5.75 Å². The maximum atomic E-state index is 14.2. The van der Waals surface area contributed by atoms with E-state index in [0.717, 1.165) is 10.4 Å². The molecule has 0 unspecified atom stereocenters. The molecular formula is C31H37ClN4O7S. The molecule has 236 valence electrons. The Labute approximate surface area is 263 Å². The lowest BCUT2D eigenvalue weighted by Gasteiger charge is -2.35. The summed E-state index contributed by atoms with van der Waals surface area (Å²) in [7, 11) is -3.07. The maximum absolute atomic E-state index is 14.2. The van der Waals surface area contributed by atoms with Crippen LogP contribution in [0.25, 0.3) is 0 Å². The first kappa shape index (κ1) is 34.3. The molecule has 44 heavy (non-hydrogen) atoms. The van der Waals surface area contributed by atoms with Gasteiger partial charge in [0.1, 0.15) is 18.3 Å². The number of nitrogens with zero attached hydrogens (tertiary/aromatic N) is 3. The van der Waals surface area contributed by atoms with Gasteiger partial charge in [0.25, 0.3) is 15.7 Å². The van der Waals surface area contributed by atoms with E-state index in [1.54, 1.807) is 31.2 Å². The summed E-state index contributed by atoms with van der Waals surface area (Å²) in [6.07, 6.45) is 0.234. The molecule has 1 atom stereocenters. The summed E-state index contributed by atoms with van der Waals surface area (Å²) in [4.78, 5) is 39.6. The lowest BCUT2D eigenvalue weighted by molar-refractivity contribution is -0.385. The Morgan fingerprint density at radius 3 is 2.25 bits per heavy atom. The molecule has 0 aliphatic heterocycles. The molecule has 1 N–H and O–H groups in total. The van der Waals surface area contributed by atoms with Gasteiger partial charge in [-0.15, -0.1) is 0 Å². The summed E-state index contributed by atoms with van der Waals surface area (Å²) in [5, 5.41) is 14.9. The summed E-state index contributed by atoms with van der Waals surface area (Å²) in [5.41, 5.74) is -0.00730. The van der Waals surface area contributed by atoms with E-state index >= 15 is 0 Å². The number of halogens is 1. The van der Waals surface area contributed by atoms with Crippen LogP contribution in [0.4, 0.5) is 11.4 Å². The topological polar surface area (TPSA) is 139 Å². The van der Waals surface area contributed by atoms with Gasteiger partial charge in [-0.3, -0.25) is 24.0 Å². The number of hydrogen-bond acceptors (Lipinski definition) is 7. The first-order valence-corrected chi connectivity index (χ1v) is 15.7. The van der Waals surface area contributed by atoms with Gasteiger partial charge >= 0.3 is 0 Å². The molecule has 0 bridgehead atoms. The summed E-state index contributed by atoms with van der Waals surface area (Å²) < 4.78 is 34.3. The Bertz CT molecular complexity index is 1620. The van der Waals surface area contributed by atoms with E-state index in [0.29, 0.717) is 16.3 Å². The van der Waals surface area contributed by atoms with E-state index in [-0.39, 0.29) is 34.8 Å². The Morgan fingerprint density at radius 1 is 1.07 bits per heavy atom. The minimum Gasteiger partial charge on any atom is -0.497 e. The van der Waals surface area contributed by atoms with Crippen LogP contribution < -0.4 is 14.4 Å². The molecule has 13 heteroatoms. The molecule has 11 nitrogen and oxygen atoms in total. The van der Waals surface area contributed by atoms with Crippen LogP contribution in [0.3, 0.4) is 0 Å². The number of nitrogens with one attached hydrogen (secondary N) is 1. The van der Waals surface area contributed by atoms with Crippen molar-refractivity contribution in [3.63, 3.8) is 0 Å². The number of anilines is 1. The van der Waals surface area contributed by atoms with Crippen molar-refractivity contribution in [1.29, 1.82) is 0 Å². The van der Waals surface area contributed by atoms with E-state index in [2.05, 4.69) is 5.32 Å². The molecule has 0 heterocycles. The second kappa shape index (κ2) is 14.1. The molecule has 0 aliphatic rings. The van der Waals surface area contributed by atoms with Gasteiger partial charge in [-0.1, -0.05) is 42.8 Å². The number of rotatable bonds is 12. The maximum Gasteiger partial charge on any atom is 0.273 e. The number of methoxy groups -OCH3 is 1. The zero-order valence-corrected chi connectivity index (χ0v) is 27.1. The van der Waals surface area contributed by atoms with Crippen molar-refractivity contribution < 1.29 is 27.7 Å². The summed E-state index contributed by atoms with van der Waals surface area (Å²) >= 11 is 6.43. The quantitative estimate of drug-likeness (QED) is 0.203. The number of nitro groups is 1. The summed E-state index contributed by atoms with van der Waals surface area (Å²) in [6, 6.07) is 15.5. The van der Waals surface area contributed by atoms with Crippen LogP contribution in [0.1, 0.15) is 45.2 Å². The Morgan fingerprint density at radius 2 is 1.70 bits per heavy atom. The highest BCUT2D eigenvalue weighted by molar-refractivity contribution is 7.92. The second-order valence-corrected chi connectivity index (χ2v) is 13.5. The molecule has 2 amide bonds. The first-order chi connectivity index (χ1) is 20.6. The number of amides is 2. The summed E-state index contributed by atoms with van der Waals surface area (Å²) in [6.45, 7) is 7.92. The fourth-order valence-electron chi connectivity index (χ4n) is 4.53. The van der Waals surface area contributed by atoms with Crippen LogP contribution in [0, 0.1) is 17.0 Å². The SMILES string of the molecule is CC[C@H](C(=O)NC(C)(C)C)N(Cc1ccccc1Cl)C(=O)CN(c1ccc(OC)cc1)S(=O)(=O)c1ccc(C)c([N+](=O)[O-])c1. The molecule has 0 fully saturated rings. The van der Waals surface area contributed by atoms with Crippen molar-refractivity contribution in [2.24, 2.45) is 0 Å². The third kappa shape index (κ3) is 8.26. The zero-order valence-electron chi connectivity index (χ0n) is 25.5. The molecule has 0 aliphatic carbocycles. The van der Waals surface area contributed by atoms with Gasteiger partial charge in [-0.25, -0.2) is 8.42 Å². The highest BCUT2D eigenvalue weighted by Gasteiger charge is 2.35. The van der Waals surface area contributed by atoms with Crippen LogP contribution in [0.2, 0.25) is 5.02 Å². The average molecular weight is 645 g/mol. The van der Waals surface area contributed by atoms with Gasteiger partial charge in [0, 0.05) is 28.7 Å². The Balaban J connectivity index is 2.14. The third-order valence-corrected chi connectivity index (χ3v) is 8.93. The number of sulfonamides is 1. The van der Waals surface area contributed by atoms with E-state index in [1.165, 1.54) is 55.3 Å². The molecule has 3 rings (SSSR count). The third-order valence-electron chi connectivity index (χ3n) is 6.79. The monoisotopic (exact) mass is 644 g/mol. The molecule has 0 saturated carbocycles. The number of nitro benzene ring substituents is 1. The largest absolute Gasteiger partial charge is 0.497 e. The number of carbonyl (C=O) groups excluding carboxylic acids is 2. The number of carbonyl (C=O) groups is 2. The van der Waals surface area contributed by atoms with Gasteiger partial charge < -0.3 is 15.0 Å². The van der Waals surface area contributed by atoms with Crippen LogP contribution in [0.5, 0.6) is 5.75 Å². The molecule has 3 aromatic rings. The lowest BCUT2D eigenvalue weighted by Crippen LogP contribution is -2.55. The van der Waals surface area contributed by atoms with Gasteiger partial charge in [0.2, 0.25) is 11.8 Å². The van der Waals surface area contributed by atoms with Crippen molar-refractivity contribution >= 4 is 44.8 Å². The normalized spacial score (nSPS) is 12.2. The van der Waals surface area contributed by atoms with Crippen LogP contribution in [0.15, 0.2) is 71.6 Å². The molecular weight excluding hydrogens is 608 g/mol. The molecule has 0 saturated heterocycles. The van der Waals surface area contributed by atoms with Crippen molar-refractivity contribution in [2.75, 3.05) is 18.0 Å². The van der Waals surface area contributed by atoms with E-state index in [1.807, 2.05) is 20.8 Å². The highest BCUT2D eigenvalue weighted by Crippen LogP contribution is 2.30. The first-order valence-electron chi connectivity index (χ1n) is 13.9. The fourth-order valence-corrected chi connectivity index (χ4v) is 6.16. The van der Waals surface area contributed by atoms with E-state index in [4.69, 9.17) is 16.3 Å². The molecule has 3 aromatic carbocycles. The standard InChI is InChI=1S/C31H37ClN4O7S/c1-7-27(30(38)33-31(3,4)5)34(19-22-10-8-9-11-26(22)32)29(37)20-35(23-13-15-24(43-6)16-14-23)44(41,42)25-17-12-21(2)28(18-25)36(39)40/h8-18,27H,7,19-20H2,1-6H3,(H,33,38)/t27-/m1/s1. The second-order valence-electron chi connectivity index (χ2n) is 11.2. The van der Waals surface area contributed by atoms with Gasteiger partial charge in [-0.2, -0.15) is 0 Å². The highest BCUT2D eigenvalue weighted by atomic mass is 35.5. The van der Waals surface area contributed by atoms with Crippen molar-refractivity contribution in [3.05, 3.63) is 93.0 Å². The number of ether oxygens (including phenoxy) is 1.